The molecule has 0 fully saturated rings. The van der Waals surface area contributed by atoms with Gasteiger partial charge in [-0.3, -0.25) is 4.79 Å². The molecule has 0 aliphatic carbocycles. The summed E-state index contributed by atoms with van der Waals surface area (Å²) in [5, 5.41) is 17.0. The number of hydrogen-bond donors (Lipinski definition) is 2. The van der Waals surface area contributed by atoms with Gasteiger partial charge in [0.2, 0.25) is 5.91 Å². The summed E-state index contributed by atoms with van der Waals surface area (Å²) in [7, 11) is 0. The Kier molecular flexibility index (Phi) is 6.62. The maximum absolute atomic E-state index is 11.8. The average Bonchev–Trinajstić information content (AvgIpc) is 3.04. The number of amides is 1. The van der Waals surface area contributed by atoms with Crippen molar-refractivity contribution in [3.63, 3.8) is 0 Å². The molecule has 0 aliphatic rings. The van der Waals surface area contributed by atoms with Crippen LogP contribution in [0.15, 0.2) is 41.1 Å². The summed E-state index contributed by atoms with van der Waals surface area (Å²) < 4.78 is 5.56. The number of aliphatic hydroxyl groups excluding tert-OH is 1. The molecule has 1 aromatic heterocycles. The maximum Gasteiger partial charge on any atom is 0.220 e. The highest BCUT2D eigenvalue weighted by Gasteiger charge is 2.10. The molecule has 2 rings (SSSR count). The SMILES string of the molecule is CC(C)Oc1ccc(C(O)CNC(=O)CCc2ccsc2)cc1. The van der Waals surface area contributed by atoms with Crippen molar-refractivity contribution in [2.75, 3.05) is 6.54 Å². The smallest absolute Gasteiger partial charge is 0.220 e. The van der Waals surface area contributed by atoms with Crippen LogP contribution in [0.2, 0.25) is 0 Å². The van der Waals surface area contributed by atoms with Crippen molar-refractivity contribution in [2.24, 2.45) is 0 Å². The third kappa shape index (κ3) is 6.04. The molecule has 1 unspecified atom stereocenters. The third-order valence-electron chi connectivity index (χ3n) is 3.35. The lowest BCUT2D eigenvalue weighted by molar-refractivity contribution is -0.121. The van der Waals surface area contributed by atoms with Gasteiger partial charge in [-0.05, 0) is 60.4 Å². The zero-order valence-corrected chi connectivity index (χ0v) is 14.3. The minimum absolute atomic E-state index is 0.0463. The highest BCUT2D eigenvalue weighted by Crippen LogP contribution is 2.18. The molecule has 1 aromatic carbocycles. The lowest BCUT2D eigenvalue weighted by Gasteiger charge is -2.14. The van der Waals surface area contributed by atoms with Gasteiger partial charge in [-0.25, -0.2) is 0 Å². The molecule has 0 bridgehead atoms. The van der Waals surface area contributed by atoms with E-state index in [1.807, 2.05) is 54.9 Å². The Bertz CT molecular complexity index is 593. The fraction of sp³-hybridized carbons (Fsp3) is 0.389. The number of rotatable bonds is 8. The highest BCUT2D eigenvalue weighted by molar-refractivity contribution is 7.07. The van der Waals surface area contributed by atoms with E-state index in [4.69, 9.17) is 4.74 Å². The van der Waals surface area contributed by atoms with Crippen LogP contribution in [0, 0.1) is 0 Å². The van der Waals surface area contributed by atoms with E-state index in [0.717, 1.165) is 17.7 Å². The van der Waals surface area contributed by atoms with Gasteiger partial charge < -0.3 is 15.2 Å². The molecule has 2 aromatic rings. The van der Waals surface area contributed by atoms with Gasteiger partial charge in [0.15, 0.2) is 0 Å². The number of carbonyl (C=O) groups is 1. The van der Waals surface area contributed by atoms with Crippen LogP contribution in [-0.2, 0) is 11.2 Å². The molecule has 0 radical (unpaired) electrons. The normalized spacial score (nSPS) is 12.2. The Morgan fingerprint density at radius 1 is 1.26 bits per heavy atom. The van der Waals surface area contributed by atoms with E-state index in [1.165, 1.54) is 5.56 Å². The second kappa shape index (κ2) is 8.70. The van der Waals surface area contributed by atoms with Gasteiger partial charge in [-0.1, -0.05) is 12.1 Å². The quantitative estimate of drug-likeness (QED) is 0.779. The lowest BCUT2D eigenvalue weighted by atomic mass is 10.1. The Morgan fingerprint density at radius 2 is 2.00 bits per heavy atom. The van der Waals surface area contributed by atoms with Crippen molar-refractivity contribution in [1.29, 1.82) is 0 Å². The van der Waals surface area contributed by atoms with Crippen LogP contribution in [0.4, 0.5) is 0 Å². The number of benzene rings is 1. The van der Waals surface area contributed by atoms with E-state index in [9.17, 15) is 9.90 Å². The van der Waals surface area contributed by atoms with Crippen LogP contribution < -0.4 is 10.1 Å². The molecule has 1 atom stereocenters. The summed E-state index contributed by atoms with van der Waals surface area (Å²) in [6, 6.07) is 9.32. The van der Waals surface area contributed by atoms with Gasteiger partial charge in [0.25, 0.3) is 0 Å². The molecular formula is C18H23NO3S. The van der Waals surface area contributed by atoms with Crippen LogP contribution >= 0.6 is 11.3 Å². The zero-order valence-electron chi connectivity index (χ0n) is 13.5. The Labute approximate surface area is 141 Å². The highest BCUT2D eigenvalue weighted by atomic mass is 32.1. The molecule has 0 saturated heterocycles. The van der Waals surface area contributed by atoms with Crippen molar-refractivity contribution >= 4 is 17.2 Å². The minimum atomic E-state index is -0.715. The van der Waals surface area contributed by atoms with Crippen molar-refractivity contribution in [3.05, 3.63) is 52.2 Å². The fourth-order valence-electron chi connectivity index (χ4n) is 2.15. The molecule has 1 amide bonds. The molecule has 0 aliphatic heterocycles. The van der Waals surface area contributed by atoms with Crippen molar-refractivity contribution < 1.29 is 14.6 Å². The molecule has 124 valence electrons. The molecule has 5 heteroatoms. The number of hydrogen-bond acceptors (Lipinski definition) is 4. The first kappa shape index (κ1) is 17.5. The molecule has 23 heavy (non-hydrogen) atoms. The summed E-state index contributed by atoms with van der Waals surface area (Å²) >= 11 is 1.63. The van der Waals surface area contributed by atoms with Crippen LogP contribution in [-0.4, -0.2) is 23.7 Å². The molecular weight excluding hydrogens is 310 g/mol. The average molecular weight is 333 g/mol. The first-order valence-corrected chi connectivity index (χ1v) is 8.71. The van der Waals surface area contributed by atoms with Crippen LogP contribution in [0.25, 0.3) is 0 Å². The molecule has 2 N–H and O–H groups in total. The van der Waals surface area contributed by atoms with E-state index < -0.39 is 6.10 Å². The van der Waals surface area contributed by atoms with Gasteiger partial charge in [0.05, 0.1) is 12.2 Å². The monoisotopic (exact) mass is 333 g/mol. The molecule has 0 spiro atoms. The molecule has 4 nitrogen and oxygen atoms in total. The second-order valence-corrected chi connectivity index (χ2v) is 6.47. The first-order chi connectivity index (χ1) is 11.0. The Morgan fingerprint density at radius 3 is 2.61 bits per heavy atom. The third-order valence-corrected chi connectivity index (χ3v) is 4.08. The maximum atomic E-state index is 11.8. The summed E-state index contributed by atoms with van der Waals surface area (Å²) in [6.07, 6.45) is 0.568. The predicted octanol–water partition coefficient (Wildman–Crippen LogP) is 3.32. The van der Waals surface area contributed by atoms with Crippen molar-refractivity contribution in [2.45, 2.75) is 38.9 Å². The largest absolute Gasteiger partial charge is 0.491 e. The Hall–Kier alpha value is -1.85. The number of aliphatic hydroxyl groups is 1. The minimum Gasteiger partial charge on any atom is -0.491 e. The van der Waals surface area contributed by atoms with Crippen LogP contribution in [0.1, 0.15) is 37.5 Å². The van der Waals surface area contributed by atoms with Gasteiger partial charge in [0.1, 0.15) is 5.75 Å². The molecule has 1 heterocycles. The van der Waals surface area contributed by atoms with E-state index >= 15 is 0 Å². The van der Waals surface area contributed by atoms with Gasteiger partial charge >= 0.3 is 0 Å². The van der Waals surface area contributed by atoms with Crippen molar-refractivity contribution in [1.82, 2.24) is 5.32 Å². The summed E-state index contributed by atoms with van der Waals surface area (Å²) in [4.78, 5) is 11.8. The summed E-state index contributed by atoms with van der Waals surface area (Å²) in [5.74, 6) is 0.728. The fourth-order valence-corrected chi connectivity index (χ4v) is 2.85. The van der Waals surface area contributed by atoms with Crippen LogP contribution in [0.5, 0.6) is 5.75 Å². The standard InChI is InChI=1S/C18H23NO3S/c1-13(2)22-16-6-4-15(5-7-16)17(20)11-19-18(21)8-3-14-9-10-23-12-14/h4-7,9-10,12-13,17,20H,3,8,11H2,1-2H3,(H,19,21). The lowest BCUT2D eigenvalue weighted by Crippen LogP contribution is -2.28. The van der Waals surface area contributed by atoms with Crippen molar-refractivity contribution in [3.8, 4) is 5.75 Å². The topological polar surface area (TPSA) is 58.6 Å². The van der Waals surface area contributed by atoms with E-state index in [1.54, 1.807) is 11.3 Å². The van der Waals surface area contributed by atoms with Gasteiger partial charge in [0, 0.05) is 13.0 Å². The van der Waals surface area contributed by atoms with E-state index in [0.29, 0.717) is 6.42 Å². The number of carbonyl (C=O) groups excluding carboxylic acids is 1. The number of aryl methyl sites for hydroxylation is 1. The predicted molar refractivity (Wildman–Crippen MR) is 92.8 cm³/mol. The first-order valence-electron chi connectivity index (χ1n) is 7.77. The zero-order chi connectivity index (χ0) is 16.7. The van der Waals surface area contributed by atoms with Gasteiger partial charge in [-0.2, -0.15) is 11.3 Å². The van der Waals surface area contributed by atoms with Crippen LogP contribution in [0.3, 0.4) is 0 Å². The Balaban J connectivity index is 1.75. The summed E-state index contributed by atoms with van der Waals surface area (Å²) in [6.45, 7) is 4.15. The summed E-state index contributed by atoms with van der Waals surface area (Å²) in [5.41, 5.74) is 1.94. The van der Waals surface area contributed by atoms with Gasteiger partial charge in [-0.15, -0.1) is 0 Å². The van der Waals surface area contributed by atoms with E-state index in [-0.39, 0.29) is 18.6 Å². The number of nitrogens with one attached hydrogen (secondary N) is 1. The second-order valence-electron chi connectivity index (χ2n) is 5.69. The number of ether oxygens (including phenoxy) is 1. The number of thiophene rings is 1. The van der Waals surface area contributed by atoms with E-state index in [2.05, 4.69) is 5.32 Å². The molecule has 0 saturated carbocycles.